The van der Waals surface area contributed by atoms with Crippen molar-refractivity contribution in [1.82, 2.24) is 10.0 Å². The largest absolute Gasteiger partial charge is 0.399 e. The van der Waals surface area contributed by atoms with Crippen LogP contribution in [0, 0.1) is 0 Å². The zero-order valence-electron chi connectivity index (χ0n) is 12.6. The summed E-state index contributed by atoms with van der Waals surface area (Å²) in [5.41, 5.74) is 5.92. The fraction of sp³-hybridized carbons (Fsp3) is 0.462. The smallest absolute Gasteiger partial charge is 0.242 e. The quantitative estimate of drug-likeness (QED) is 0.591. The van der Waals surface area contributed by atoms with E-state index in [1.165, 1.54) is 19.2 Å². The summed E-state index contributed by atoms with van der Waals surface area (Å²) in [6.07, 6.45) is 0. The van der Waals surface area contributed by atoms with E-state index in [1.807, 2.05) is 20.8 Å². The second kappa shape index (κ2) is 6.31. The van der Waals surface area contributed by atoms with Crippen LogP contribution in [-0.2, 0) is 14.8 Å². The molecule has 8 heteroatoms. The van der Waals surface area contributed by atoms with Crippen molar-refractivity contribution in [3.8, 4) is 0 Å². The maximum Gasteiger partial charge on any atom is 0.242 e. The number of nitrogens with two attached hydrogens (primary N) is 1. The van der Waals surface area contributed by atoms with Crippen LogP contribution in [-0.4, -0.2) is 33.5 Å². The minimum atomic E-state index is -3.66. The van der Waals surface area contributed by atoms with Gasteiger partial charge in [-0.3, -0.25) is 4.79 Å². The summed E-state index contributed by atoms with van der Waals surface area (Å²) in [5.74, 6) is -0.230. The van der Waals surface area contributed by atoms with Crippen molar-refractivity contribution in [2.45, 2.75) is 31.2 Å². The fourth-order valence-electron chi connectivity index (χ4n) is 1.66. The Hall–Kier alpha value is -1.80. The first-order chi connectivity index (χ1) is 9.55. The van der Waals surface area contributed by atoms with Crippen LogP contribution in [0.2, 0.25) is 0 Å². The summed E-state index contributed by atoms with van der Waals surface area (Å²) in [7, 11) is -2.34. The minimum absolute atomic E-state index is 0.00792. The Morgan fingerprint density at radius 2 is 1.90 bits per heavy atom. The van der Waals surface area contributed by atoms with Crippen LogP contribution in [0.25, 0.3) is 0 Å². The Balaban J connectivity index is 2.92. The average Bonchev–Trinajstić information content (AvgIpc) is 2.35. The number of benzene rings is 1. The van der Waals surface area contributed by atoms with Gasteiger partial charge in [0.2, 0.25) is 15.9 Å². The molecule has 5 N–H and O–H groups in total. The molecule has 0 unspecified atom stereocenters. The van der Waals surface area contributed by atoms with Crippen LogP contribution < -0.4 is 21.1 Å². The number of amides is 1. The number of hydrogen-bond acceptors (Lipinski definition) is 5. The van der Waals surface area contributed by atoms with Gasteiger partial charge in [-0.25, -0.2) is 13.1 Å². The van der Waals surface area contributed by atoms with Gasteiger partial charge in [0.15, 0.2) is 0 Å². The van der Waals surface area contributed by atoms with Crippen LogP contribution in [0.4, 0.5) is 11.4 Å². The Bertz CT molecular complexity index is 621. The van der Waals surface area contributed by atoms with Crippen LogP contribution in [0.3, 0.4) is 0 Å². The SMILES string of the molecule is CNS(=O)(=O)c1cc(N)ccc1NCC(=O)NC(C)(C)C. The predicted octanol–water partition coefficient (Wildman–Crippen LogP) is 0.503. The molecule has 21 heavy (non-hydrogen) atoms. The van der Waals surface area contributed by atoms with Crippen molar-refractivity contribution in [3.05, 3.63) is 18.2 Å². The van der Waals surface area contributed by atoms with Crippen molar-refractivity contribution in [1.29, 1.82) is 0 Å². The molecule has 0 aromatic heterocycles. The fourth-order valence-corrected chi connectivity index (χ4v) is 2.60. The number of anilines is 2. The van der Waals surface area contributed by atoms with Crippen LogP contribution in [0.5, 0.6) is 0 Å². The molecule has 0 spiro atoms. The van der Waals surface area contributed by atoms with Gasteiger partial charge in [0.05, 0.1) is 12.2 Å². The summed E-state index contributed by atoms with van der Waals surface area (Å²) in [4.78, 5) is 11.8. The van der Waals surface area contributed by atoms with Gasteiger partial charge in [-0.1, -0.05) is 0 Å². The number of sulfonamides is 1. The molecule has 118 valence electrons. The second-order valence-electron chi connectivity index (χ2n) is 5.61. The van der Waals surface area contributed by atoms with Crippen molar-refractivity contribution >= 4 is 27.3 Å². The molecular formula is C13H22N4O3S. The Morgan fingerprint density at radius 3 is 2.43 bits per heavy atom. The molecule has 0 aliphatic heterocycles. The first kappa shape index (κ1) is 17.3. The van der Waals surface area contributed by atoms with E-state index in [0.29, 0.717) is 11.4 Å². The molecule has 0 aliphatic carbocycles. The summed E-state index contributed by atoms with van der Waals surface area (Å²) in [6.45, 7) is 5.56. The molecular weight excluding hydrogens is 292 g/mol. The molecule has 1 aromatic rings. The van der Waals surface area contributed by atoms with Gasteiger partial charge in [0.1, 0.15) is 4.90 Å². The number of carbonyl (C=O) groups is 1. The lowest BCUT2D eigenvalue weighted by atomic mass is 10.1. The van der Waals surface area contributed by atoms with Crippen molar-refractivity contribution in [3.63, 3.8) is 0 Å². The first-order valence-corrected chi connectivity index (χ1v) is 7.91. The van der Waals surface area contributed by atoms with E-state index in [0.717, 1.165) is 0 Å². The van der Waals surface area contributed by atoms with Gasteiger partial charge in [-0.05, 0) is 46.0 Å². The highest BCUT2D eigenvalue weighted by Gasteiger charge is 2.18. The average molecular weight is 314 g/mol. The highest BCUT2D eigenvalue weighted by Crippen LogP contribution is 2.23. The lowest BCUT2D eigenvalue weighted by Gasteiger charge is -2.21. The molecule has 0 aliphatic rings. The Morgan fingerprint density at radius 1 is 1.29 bits per heavy atom. The zero-order chi connectivity index (χ0) is 16.3. The molecule has 1 aromatic carbocycles. The molecule has 0 saturated carbocycles. The maximum absolute atomic E-state index is 11.9. The lowest BCUT2D eigenvalue weighted by Crippen LogP contribution is -2.43. The van der Waals surface area contributed by atoms with Crippen LogP contribution in [0.15, 0.2) is 23.1 Å². The monoisotopic (exact) mass is 314 g/mol. The number of rotatable bonds is 5. The van der Waals surface area contributed by atoms with E-state index in [-0.39, 0.29) is 22.9 Å². The Labute approximate surface area is 125 Å². The molecule has 0 radical (unpaired) electrons. The van der Waals surface area contributed by atoms with E-state index in [9.17, 15) is 13.2 Å². The third kappa shape index (κ3) is 5.24. The summed E-state index contributed by atoms with van der Waals surface area (Å²) in [6, 6.07) is 4.44. The van der Waals surface area contributed by atoms with Crippen LogP contribution >= 0.6 is 0 Å². The normalized spacial score (nSPS) is 12.0. The third-order valence-corrected chi connectivity index (χ3v) is 3.97. The van der Waals surface area contributed by atoms with Crippen molar-refractivity contribution < 1.29 is 13.2 Å². The molecule has 7 nitrogen and oxygen atoms in total. The first-order valence-electron chi connectivity index (χ1n) is 6.43. The number of hydrogen-bond donors (Lipinski definition) is 4. The molecule has 0 atom stereocenters. The van der Waals surface area contributed by atoms with Gasteiger partial charge in [-0.2, -0.15) is 0 Å². The van der Waals surface area contributed by atoms with Crippen LogP contribution in [0.1, 0.15) is 20.8 Å². The zero-order valence-corrected chi connectivity index (χ0v) is 13.5. The minimum Gasteiger partial charge on any atom is -0.399 e. The van der Waals surface area contributed by atoms with E-state index < -0.39 is 10.0 Å². The summed E-state index contributed by atoms with van der Waals surface area (Å²) < 4.78 is 26.1. The number of carbonyl (C=O) groups excluding carboxylic acids is 1. The molecule has 0 fully saturated rings. The standard InChI is InChI=1S/C13H22N4O3S/c1-13(2,3)17-12(18)8-16-10-6-5-9(14)7-11(10)21(19,20)15-4/h5-7,15-16H,8,14H2,1-4H3,(H,17,18). The Kier molecular flexibility index (Phi) is 5.19. The maximum atomic E-state index is 11.9. The highest BCUT2D eigenvalue weighted by atomic mass is 32.2. The predicted molar refractivity (Wildman–Crippen MR) is 83.5 cm³/mol. The molecule has 0 saturated heterocycles. The second-order valence-corrected chi connectivity index (χ2v) is 7.47. The summed E-state index contributed by atoms with van der Waals surface area (Å²) in [5, 5.41) is 5.60. The number of nitrogen functional groups attached to an aromatic ring is 1. The van der Waals surface area contributed by atoms with Crippen molar-refractivity contribution in [2.75, 3.05) is 24.6 Å². The van der Waals surface area contributed by atoms with Gasteiger partial charge in [-0.15, -0.1) is 0 Å². The molecule has 1 rings (SSSR count). The molecule has 0 bridgehead atoms. The van der Waals surface area contributed by atoms with Gasteiger partial charge >= 0.3 is 0 Å². The lowest BCUT2D eigenvalue weighted by molar-refractivity contribution is -0.120. The number of nitrogens with one attached hydrogen (secondary N) is 3. The topological polar surface area (TPSA) is 113 Å². The molecule has 1 amide bonds. The van der Waals surface area contributed by atoms with Gasteiger partial charge in [0, 0.05) is 11.2 Å². The van der Waals surface area contributed by atoms with E-state index >= 15 is 0 Å². The summed E-state index contributed by atoms with van der Waals surface area (Å²) >= 11 is 0. The van der Waals surface area contributed by atoms with E-state index in [2.05, 4.69) is 15.4 Å². The molecule has 0 heterocycles. The highest BCUT2D eigenvalue weighted by molar-refractivity contribution is 7.89. The third-order valence-electron chi connectivity index (χ3n) is 2.52. The van der Waals surface area contributed by atoms with Crippen molar-refractivity contribution in [2.24, 2.45) is 0 Å². The van der Waals surface area contributed by atoms with E-state index in [4.69, 9.17) is 5.73 Å². The van der Waals surface area contributed by atoms with Gasteiger partial charge in [0.25, 0.3) is 0 Å². The van der Waals surface area contributed by atoms with Gasteiger partial charge < -0.3 is 16.4 Å². The van der Waals surface area contributed by atoms with E-state index in [1.54, 1.807) is 6.07 Å².